The van der Waals surface area contributed by atoms with E-state index < -0.39 is 101 Å². The minimum Gasteiger partial charge on any atom is -0.293 e. The summed E-state index contributed by atoms with van der Waals surface area (Å²) < 4.78 is 463. The van der Waals surface area contributed by atoms with Gasteiger partial charge in [-0.2, -0.15) is 149 Å². The van der Waals surface area contributed by atoms with Crippen LogP contribution >= 0.6 is 17.7 Å². The predicted octanol–water partition coefficient (Wildman–Crippen LogP) is 12.4. The quantitative estimate of drug-likeness (QED) is 0.125. The maximum atomic E-state index is 14.1. The molecule has 0 bridgehead atoms. The predicted molar refractivity (Wildman–Crippen MR) is 94.8 cm³/mol. The Hall–Kier alpha value is -1.86. The summed E-state index contributed by atoms with van der Waals surface area (Å²) >= 11 is 3.20. The van der Waals surface area contributed by atoms with Gasteiger partial charge in [-0.15, -0.1) is 0 Å². The van der Waals surface area contributed by atoms with Crippen LogP contribution in [0.3, 0.4) is 0 Å². The lowest BCUT2D eigenvalue weighted by atomic mass is 9.91. The lowest BCUT2D eigenvalue weighted by molar-refractivity contribution is -0.460. The Kier molecular flexibility index (Phi) is 11.6. The van der Waals surface area contributed by atoms with Crippen molar-refractivity contribution in [2.24, 2.45) is 0 Å². The number of rotatable bonds is 14. The van der Waals surface area contributed by atoms with Crippen molar-refractivity contribution < 1.29 is 154 Å². The number of hydrogen-bond donors (Lipinski definition) is 0. The first-order chi connectivity index (χ1) is 22.0. The summed E-state index contributed by atoms with van der Waals surface area (Å²) in [4.78, 5) is 0. The van der Waals surface area contributed by atoms with Crippen LogP contribution in [0, 0.1) is 0 Å². The fourth-order valence-corrected chi connectivity index (χ4v) is 4.84. The van der Waals surface area contributed by atoms with Crippen molar-refractivity contribution in [1.29, 1.82) is 0 Å². The van der Waals surface area contributed by atoms with E-state index in [2.05, 4.69) is 11.2 Å². The van der Waals surface area contributed by atoms with E-state index in [4.69, 9.17) is 0 Å². The van der Waals surface area contributed by atoms with Gasteiger partial charge in [0.25, 0.3) is 0 Å². The van der Waals surface area contributed by atoms with Crippen LogP contribution in [0.4, 0.5) is 149 Å². The lowest BCUT2D eigenvalue weighted by Crippen LogP contribution is -2.75. The molecule has 0 fully saturated rings. The van der Waals surface area contributed by atoms with Gasteiger partial charge < -0.3 is 0 Å². The first-order valence-corrected chi connectivity index (χ1v) is 13.3. The molecule has 53 heavy (non-hydrogen) atoms. The van der Waals surface area contributed by atoms with E-state index in [-0.39, 0.29) is 0 Å². The molecule has 0 aromatic heterocycles. The maximum absolute atomic E-state index is 14.1. The van der Waals surface area contributed by atoms with Crippen molar-refractivity contribution in [2.75, 3.05) is 0 Å². The van der Waals surface area contributed by atoms with E-state index in [1.807, 2.05) is 0 Å². The molecular weight excluding hydrogens is 921 g/mol. The summed E-state index contributed by atoms with van der Waals surface area (Å²) in [6.45, 7) is -10.8. The largest absolute Gasteiger partial charge is 0.460 e. The normalized spacial score (nSPS) is 17.4. The standard InChI is InChI=1S/C16ClF34OP/c17-53(52,15(48,49)11(38,39)7(30,31)3(22,23)1(18,19)5(26,27)9(34,35)13(42,43)44)16(50,51)12(40,41)8(32,33)4(24,25)2(20,21)6(28,29)10(36,37)14(45,46)47. The van der Waals surface area contributed by atoms with E-state index in [1.165, 1.54) is 0 Å². The van der Waals surface area contributed by atoms with Gasteiger partial charge in [0, 0.05) is 0 Å². The Morgan fingerprint density at radius 2 is 0.340 bits per heavy atom. The molecule has 0 unspecified atom stereocenters. The lowest BCUT2D eigenvalue weighted by Gasteiger charge is -2.45. The molecule has 0 atom stereocenters. The third-order valence-corrected chi connectivity index (χ3v) is 9.41. The van der Waals surface area contributed by atoms with Crippen molar-refractivity contribution in [3.63, 3.8) is 0 Å². The highest BCUT2D eigenvalue weighted by molar-refractivity contribution is 7.91. The number of halogens is 35. The zero-order valence-electron chi connectivity index (χ0n) is 22.1. The first-order valence-electron chi connectivity index (χ1n) is 10.7. The molecule has 0 aromatic carbocycles. The molecule has 0 N–H and O–H groups in total. The monoisotopic (exact) mass is 920 g/mol. The Bertz CT molecular complexity index is 1310. The first kappa shape index (κ1) is 51.1. The van der Waals surface area contributed by atoms with Crippen LogP contribution in [0.1, 0.15) is 0 Å². The molecule has 0 spiro atoms. The highest BCUT2D eigenvalue weighted by Gasteiger charge is 3.01. The number of hydrogen-bond acceptors (Lipinski definition) is 1. The molecular formula is C16ClF34OP. The zero-order valence-corrected chi connectivity index (χ0v) is 23.7. The maximum Gasteiger partial charge on any atom is 0.460 e. The SMILES string of the molecule is O=P(Cl)(C(F)(F)C(F)(F)C(F)(F)C(F)(F)C(F)(F)C(F)(F)C(F)(F)C(F)(F)F)C(F)(F)C(F)(F)C(F)(F)C(F)(F)C(F)(F)C(F)(F)C(F)(F)C(F)(F)F. The average Bonchev–Trinajstić information content (AvgIpc) is 2.89. The van der Waals surface area contributed by atoms with E-state index in [1.54, 1.807) is 0 Å². The molecule has 0 rings (SSSR count). The average molecular weight is 921 g/mol. The smallest absolute Gasteiger partial charge is 0.293 e. The van der Waals surface area contributed by atoms with Crippen molar-refractivity contribution in [1.82, 2.24) is 0 Å². The fourth-order valence-electron chi connectivity index (χ4n) is 2.85. The minimum atomic E-state index is -10.8. The molecule has 0 aliphatic heterocycles. The Morgan fingerprint density at radius 1 is 0.226 bits per heavy atom. The molecule has 0 aliphatic rings. The van der Waals surface area contributed by atoms with E-state index in [0.29, 0.717) is 0 Å². The summed E-state index contributed by atoms with van der Waals surface area (Å²) in [5.74, 6) is -115. The molecule has 0 saturated carbocycles. The Morgan fingerprint density at radius 3 is 0.472 bits per heavy atom. The minimum absolute atomic E-state index is 3.20. The van der Waals surface area contributed by atoms with E-state index >= 15 is 0 Å². The molecule has 0 radical (unpaired) electrons. The van der Waals surface area contributed by atoms with E-state index in [9.17, 15) is 154 Å². The van der Waals surface area contributed by atoms with Crippen molar-refractivity contribution >= 4 is 17.7 Å². The molecule has 0 saturated heterocycles. The Labute approximate surface area is 267 Å². The third-order valence-electron chi connectivity index (χ3n) is 6.13. The van der Waals surface area contributed by atoms with Crippen LogP contribution in [0.15, 0.2) is 0 Å². The molecule has 0 amide bonds. The van der Waals surface area contributed by atoms with Gasteiger partial charge >= 0.3 is 101 Å². The Balaban J connectivity index is 7.80. The summed E-state index contributed by atoms with van der Waals surface area (Å²) in [6.07, 6.45) is -16.8. The van der Waals surface area contributed by atoms with Gasteiger partial charge in [0.2, 0.25) is 0 Å². The second-order valence-electron chi connectivity index (χ2n) is 9.50. The summed E-state index contributed by atoms with van der Waals surface area (Å²) in [6, 6.07) is 0. The van der Waals surface area contributed by atoms with Gasteiger partial charge in [-0.3, -0.25) is 4.57 Å². The van der Waals surface area contributed by atoms with Crippen molar-refractivity contribution in [3.8, 4) is 0 Å². The van der Waals surface area contributed by atoms with Crippen LogP contribution in [0.5, 0.6) is 0 Å². The van der Waals surface area contributed by atoms with E-state index in [0.717, 1.165) is 0 Å². The summed E-state index contributed by atoms with van der Waals surface area (Å²) in [7, 11) is 0. The third kappa shape index (κ3) is 5.75. The molecule has 0 aromatic rings. The highest BCUT2D eigenvalue weighted by Crippen LogP contribution is 2.83. The van der Waals surface area contributed by atoms with Gasteiger partial charge in [0.1, 0.15) is 0 Å². The van der Waals surface area contributed by atoms with Crippen LogP contribution in [0.25, 0.3) is 0 Å². The van der Waals surface area contributed by atoms with Gasteiger partial charge in [-0.1, -0.05) is 0 Å². The summed E-state index contributed by atoms with van der Waals surface area (Å²) in [5.41, 5.74) is -19.4. The van der Waals surface area contributed by atoms with Gasteiger partial charge in [-0.25, -0.2) is 0 Å². The fraction of sp³-hybridized carbons (Fsp3) is 1.00. The number of alkyl halides is 34. The van der Waals surface area contributed by atoms with Gasteiger partial charge in [0.05, 0.1) is 0 Å². The zero-order chi connectivity index (χ0) is 44.5. The van der Waals surface area contributed by atoms with Crippen LogP contribution in [-0.4, -0.2) is 94.8 Å². The van der Waals surface area contributed by atoms with Crippen molar-refractivity contribution in [3.05, 3.63) is 0 Å². The second kappa shape index (κ2) is 12.1. The molecule has 37 heteroatoms. The van der Waals surface area contributed by atoms with Crippen LogP contribution in [0.2, 0.25) is 0 Å². The van der Waals surface area contributed by atoms with Crippen molar-refractivity contribution in [2.45, 2.75) is 94.8 Å². The van der Waals surface area contributed by atoms with Gasteiger partial charge in [0.15, 0.2) is 0 Å². The van der Waals surface area contributed by atoms with Crippen LogP contribution in [-0.2, 0) is 4.57 Å². The molecule has 0 heterocycles. The molecule has 320 valence electrons. The van der Waals surface area contributed by atoms with Gasteiger partial charge in [-0.05, 0) is 11.2 Å². The summed E-state index contributed by atoms with van der Waals surface area (Å²) in [5, 5.41) is 0. The molecule has 0 aliphatic carbocycles. The topological polar surface area (TPSA) is 17.1 Å². The second-order valence-corrected chi connectivity index (χ2v) is 13.1. The highest BCUT2D eigenvalue weighted by atomic mass is 35.7. The molecule has 1 nitrogen and oxygen atoms in total. The van der Waals surface area contributed by atoms with Crippen LogP contribution < -0.4 is 0 Å².